The lowest BCUT2D eigenvalue weighted by atomic mass is 9.78. The van der Waals surface area contributed by atoms with Crippen LogP contribution in [-0.4, -0.2) is 18.1 Å². The summed E-state index contributed by atoms with van der Waals surface area (Å²) in [6.45, 7) is 4.53. The monoisotopic (exact) mass is 273 g/mol. The molecule has 1 N–H and O–H groups in total. The summed E-state index contributed by atoms with van der Waals surface area (Å²) in [5.74, 6) is 2.15. The van der Waals surface area contributed by atoms with Gasteiger partial charge in [0, 0.05) is 12.5 Å². The summed E-state index contributed by atoms with van der Waals surface area (Å²) >= 11 is 0. The quantitative estimate of drug-likeness (QED) is 0.899. The zero-order chi connectivity index (χ0) is 14.1. The highest BCUT2D eigenvalue weighted by Gasteiger charge is 2.33. The molecule has 1 saturated carbocycles. The van der Waals surface area contributed by atoms with Crippen LogP contribution < -0.4 is 10.1 Å². The molecule has 1 heterocycles. The van der Waals surface area contributed by atoms with E-state index in [1.54, 1.807) is 0 Å². The van der Waals surface area contributed by atoms with Gasteiger partial charge in [0.2, 0.25) is 0 Å². The molecule has 2 aliphatic rings. The van der Waals surface area contributed by atoms with E-state index in [9.17, 15) is 4.79 Å². The molecule has 0 spiro atoms. The van der Waals surface area contributed by atoms with Gasteiger partial charge in [-0.25, -0.2) is 0 Å². The van der Waals surface area contributed by atoms with Crippen molar-refractivity contribution in [3.63, 3.8) is 0 Å². The van der Waals surface area contributed by atoms with Crippen LogP contribution in [0, 0.1) is 11.8 Å². The van der Waals surface area contributed by atoms with E-state index in [0.717, 1.165) is 17.7 Å². The van der Waals surface area contributed by atoms with Crippen molar-refractivity contribution in [1.82, 2.24) is 5.32 Å². The van der Waals surface area contributed by atoms with E-state index in [1.165, 1.54) is 12.8 Å². The van der Waals surface area contributed by atoms with Crippen molar-refractivity contribution < 1.29 is 9.53 Å². The number of ether oxygens (including phenoxy) is 1. The summed E-state index contributed by atoms with van der Waals surface area (Å²) in [6.07, 6.45) is 3.92. The SMILES string of the molecule is CC1CCCC(NC(=O)C2Cc3ccccc3O2)C1C. The number of benzene rings is 1. The highest BCUT2D eigenvalue weighted by molar-refractivity contribution is 5.82. The van der Waals surface area contributed by atoms with Crippen LogP contribution in [0.15, 0.2) is 24.3 Å². The molecule has 4 atom stereocenters. The lowest BCUT2D eigenvalue weighted by Gasteiger charge is -2.35. The third kappa shape index (κ3) is 2.54. The molecule has 0 aromatic heterocycles. The molecule has 3 rings (SSSR count). The third-order valence-corrected chi connectivity index (χ3v) is 4.97. The van der Waals surface area contributed by atoms with Crippen LogP contribution in [-0.2, 0) is 11.2 Å². The number of para-hydroxylation sites is 1. The first-order chi connectivity index (χ1) is 9.65. The van der Waals surface area contributed by atoms with Crippen LogP contribution in [0.25, 0.3) is 0 Å². The molecule has 1 amide bonds. The molecule has 3 heteroatoms. The largest absolute Gasteiger partial charge is 0.480 e. The predicted octanol–water partition coefficient (Wildman–Crippen LogP) is 2.93. The van der Waals surface area contributed by atoms with Crippen molar-refractivity contribution in [3.8, 4) is 5.75 Å². The Labute approximate surface area is 120 Å². The van der Waals surface area contributed by atoms with Crippen LogP contribution in [0.4, 0.5) is 0 Å². The number of hydrogen-bond acceptors (Lipinski definition) is 2. The molecule has 1 aromatic carbocycles. The molecule has 1 aliphatic heterocycles. The number of carbonyl (C=O) groups excluding carboxylic acids is 1. The van der Waals surface area contributed by atoms with E-state index in [4.69, 9.17) is 4.74 Å². The smallest absolute Gasteiger partial charge is 0.261 e. The van der Waals surface area contributed by atoms with Gasteiger partial charge in [0.15, 0.2) is 6.10 Å². The van der Waals surface area contributed by atoms with Crippen LogP contribution >= 0.6 is 0 Å². The average molecular weight is 273 g/mol. The number of fused-ring (bicyclic) bond motifs is 1. The molecule has 1 fully saturated rings. The summed E-state index contributed by atoms with van der Waals surface area (Å²) in [4.78, 5) is 12.4. The zero-order valence-corrected chi connectivity index (χ0v) is 12.3. The van der Waals surface area contributed by atoms with Gasteiger partial charge in [0.05, 0.1) is 0 Å². The Balaban J connectivity index is 1.61. The van der Waals surface area contributed by atoms with E-state index in [2.05, 4.69) is 19.2 Å². The van der Waals surface area contributed by atoms with E-state index in [0.29, 0.717) is 24.3 Å². The Morgan fingerprint density at radius 1 is 1.25 bits per heavy atom. The second-order valence-corrected chi connectivity index (χ2v) is 6.30. The van der Waals surface area contributed by atoms with Crippen LogP contribution in [0.3, 0.4) is 0 Å². The minimum absolute atomic E-state index is 0.0483. The first-order valence-corrected chi connectivity index (χ1v) is 7.70. The van der Waals surface area contributed by atoms with Gasteiger partial charge in [0.25, 0.3) is 5.91 Å². The molecule has 4 unspecified atom stereocenters. The fourth-order valence-electron chi connectivity index (χ4n) is 3.39. The van der Waals surface area contributed by atoms with Gasteiger partial charge in [0.1, 0.15) is 5.75 Å². The van der Waals surface area contributed by atoms with Gasteiger partial charge >= 0.3 is 0 Å². The molecule has 0 radical (unpaired) electrons. The number of nitrogens with one attached hydrogen (secondary N) is 1. The second-order valence-electron chi connectivity index (χ2n) is 6.30. The second kappa shape index (κ2) is 5.47. The maximum atomic E-state index is 12.4. The first-order valence-electron chi connectivity index (χ1n) is 7.70. The van der Waals surface area contributed by atoms with E-state index in [1.807, 2.05) is 24.3 Å². The summed E-state index contributed by atoms with van der Waals surface area (Å²) in [7, 11) is 0. The molecule has 3 nitrogen and oxygen atoms in total. The Morgan fingerprint density at radius 3 is 2.85 bits per heavy atom. The number of rotatable bonds is 2. The maximum Gasteiger partial charge on any atom is 0.261 e. The Morgan fingerprint density at radius 2 is 2.05 bits per heavy atom. The number of carbonyl (C=O) groups is 1. The van der Waals surface area contributed by atoms with Gasteiger partial charge in [-0.15, -0.1) is 0 Å². The topological polar surface area (TPSA) is 38.3 Å². The summed E-state index contributed by atoms with van der Waals surface area (Å²) < 4.78 is 5.76. The fourth-order valence-corrected chi connectivity index (χ4v) is 3.39. The van der Waals surface area contributed by atoms with Crippen molar-refractivity contribution in [2.45, 2.75) is 51.7 Å². The highest BCUT2D eigenvalue weighted by Crippen LogP contribution is 2.31. The lowest BCUT2D eigenvalue weighted by Crippen LogP contribution is -2.48. The van der Waals surface area contributed by atoms with Gasteiger partial charge in [-0.1, -0.05) is 44.9 Å². The minimum atomic E-state index is -0.350. The van der Waals surface area contributed by atoms with Crippen molar-refractivity contribution in [3.05, 3.63) is 29.8 Å². The Kier molecular flexibility index (Phi) is 3.68. The summed E-state index contributed by atoms with van der Waals surface area (Å²) in [5.41, 5.74) is 1.14. The van der Waals surface area contributed by atoms with Crippen LogP contribution in [0.2, 0.25) is 0 Å². The van der Waals surface area contributed by atoms with Crippen molar-refractivity contribution in [1.29, 1.82) is 0 Å². The third-order valence-electron chi connectivity index (χ3n) is 4.97. The molecular weight excluding hydrogens is 250 g/mol. The molecule has 0 bridgehead atoms. The Hall–Kier alpha value is -1.51. The summed E-state index contributed by atoms with van der Waals surface area (Å²) in [6, 6.07) is 8.22. The average Bonchev–Trinajstić information content (AvgIpc) is 2.88. The lowest BCUT2D eigenvalue weighted by molar-refractivity contribution is -0.128. The fraction of sp³-hybridized carbons (Fsp3) is 0.588. The van der Waals surface area contributed by atoms with Crippen molar-refractivity contribution in [2.24, 2.45) is 11.8 Å². The van der Waals surface area contributed by atoms with Gasteiger partial charge in [-0.3, -0.25) is 4.79 Å². The van der Waals surface area contributed by atoms with E-state index < -0.39 is 0 Å². The number of hydrogen-bond donors (Lipinski definition) is 1. The van der Waals surface area contributed by atoms with Crippen LogP contribution in [0.5, 0.6) is 5.75 Å². The van der Waals surface area contributed by atoms with Gasteiger partial charge in [-0.05, 0) is 29.9 Å². The van der Waals surface area contributed by atoms with Crippen LogP contribution in [0.1, 0.15) is 38.7 Å². The molecule has 1 aliphatic carbocycles. The molecular formula is C17H23NO2. The zero-order valence-electron chi connectivity index (χ0n) is 12.3. The molecule has 0 saturated heterocycles. The number of amides is 1. The van der Waals surface area contributed by atoms with E-state index in [-0.39, 0.29) is 12.0 Å². The maximum absolute atomic E-state index is 12.4. The highest BCUT2D eigenvalue weighted by atomic mass is 16.5. The minimum Gasteiger partial charge on any atom is -0.480 e. The predicted molar refractivity (Wildman–Crippen MR) is 78.7 cm³/mol. The normalized spacial score (nSPS) is 32.3. The van der Waals surface area contributed by atoms with Gasteiger partial charge in [-0.2, -0.15) is 0 Å². The van der Waals surface area contributed by atoms with E-state index >= 15 is 0 Å². The Bertz CT molecular complexity index is 475. The molecule has 108 valence electrons. The van der Waals surface area contributed by atoms with Gasteiger partial charge < -0.3 is 10.1 Å². The molecule has 1 aromatic rings. The first kappa shape index (κ1) is 13.5. The molecule has 20 heavy (non-hydrogen) atoms. The van der Waals surface area contributed by atoms with Crippen molar-refractivity contribution in [2.75, 3.05) is 0 Å². The standard InChI is InChI=1S/C17H23NO2/c1-11-6-5-8-14(12(11)2)18-17(19)16-10-13-7-3-4-9-15(13)20-16/h3-4,7,9,11-12,14,16H,5-6,8,10H2,1-2H3,(H,18,19). The summed E-state index contributed by atoms with van der Waals surface area (Å²) in [5, 5.41) is 3.21. The van der Waals surface area contributed by atoms with Crippen molar-refractivity contribution >= 4 is 5.91 Å².